The van der Waals surface area contributed by atoms with E-state index in [4.69, 9.17) is 0 Å². The largest absolute Gasteiger partial charge is 0.349 e. The molecule has 1 N–H and O–H groups in total. The number of hydrogen-bond acceptors (Lipinski definition) is 4. The summed E-state index contributed by atoms with van der Waals surface area (Å²) in [5.41, 5.74) is 0.982. The molecule has 0 spiro atoms. The van der Waals surface area contributed by atoms with Gasteiger partial charge in [-0.05, 0) is 18.4 Å². The van der Waals surface area contributed by atoms with Gasteiger partial charge in [0.25, 0.3) is 0 Å². The fourth-order valence-corrected chi connectivity index (χ4v) is 2.00. The highest BCUT2D eigenvalue weighted by atomic mass is 32.2. The van der Waals surface area contributed by atoms with Crippen LogP contribution in [0.1, 0.15) is 18.2 Å². The summed E-state index contributed by atoms with van der Waals surface area (Å²) in [6.07, 6.45) is 4.54. The first-order chi connectivity index (χ1) is 6.83. The van der Waals surface area contributed by atoms with Gasteiger partial charge >= 0.3 is 0 Å². The van der Waals surface area contributed by atoms with Crippen LogP contribution in [-0.4, -0.2) is 32.9 Å². The number of thioether (sulfide) groups is 1. The van der Waals surface area contributed by atoms with Crippen molar-refractivity contribution in [2.75, 3.05) is 12.0 Å². The highest BCUT2D eigenvalue weighted by Gasteiger charge is 2.27. The summed E-state index contributed by atoms with van der Waals surface area (Å²) in [6.45, 7) is 0.543. The van der Waals surface area contributed by atoms with Gasteiger partial charge in [-0.15, -0.1) is 5.10 Å². The van der Waals surface area contributed by atoms with Crippen molar-refractivity contribution in [3.63, 3.8) is 0 Å². The van der Waals surface area contributed by atoms with Crippen molar-refractivity contribution in [2.24, 2.45) is 0 Å². The van der Waals surface area contributed by atoms with Crippen LogP contribution in [-0.2, 0) is 11.3 Å². The molecule has 0 saturated carbocycles. The number of nitrogens with zero attached hydrogens (tertiary/aromatic N) is 3. The number of carbonyl (C=O) groups excluding carboxylic acids is 1. The van der Waals surface area contributed by atoms with Crippen LogP contribution in [0.5, 0.6) is 0 Å². The van der Waals surface area contributed by atoms with Gasteiger partial charge in [0.05, 0.1) is 18.4 Å². The van der Waals surface area contributed by atoms with Crippen molar-refractivity contribution >= 4 is 17.7 Å². The highest BCUT2D eigenvalue weighted by molar-refractivity contribution is 7.98. The number of rotatable bonds is 3. The predicted octanol–water partition coefficient (Wildman–Crippen LogP) is 0.202. The molecular formula is C8H12N4OS. The molecule has 1 atom stereocenters. The first-order valence-corrected chi connectivity index (χ1v) is 5.88. The van der Waals surface area contributed by atoms with Crippen LogP contribution < -0.4 is 5.32 Å². The Balaban J connectivity index is 2.18. The van der Waals surface area contributed by atoms with Crippen LogP contribution in [0.4, 0.5) is 0 Å². The van der Waals surface area contributed by atoms with Gasteiger partial charge in [-0.25, -0.2) is 4.68 Å². The number of hydrogen-bond donors (Lipinski definition) is 1. The Morgan fingerprint density at radius 2 is 2.64 bits per heavy atom. The third kappa shape index (κ3) is 1.61. The van der Waals surface area contributed by atoms with E-state index in [1.165, 1.54) is 0 Å². The molecule has 0 saturated heterocycles. The lowest BCUT2D eigenvalue weighted by molar-refractivity contribution is -0.126. The summed E-state index contributed by atoms with van der Waals surface area (Å²) in [6, 6.07) is -0.173. The second-order valence-electron chi connectivity index (χ2n) is 3.18. The summed E-state index contributed by atoms with van der Waals surface area (Å²) in [4.78, 5) is 11.6. The Bertz CT molecular complexity index is 338. The maximum atomic E-state index is 11.6. The summed E-state index contributed by atoms with van der Waals surface area (Å²) in [7, 11) is 0. The minimum atomic E-state index is -0.173. The molecule has 0 aliphatic carbocycles. The third-order valence-electron chi connectivity index (χ3n) is 2.29. The van der Waals surface area contributed by atoms with Gasteiger partial charge in [-0.1, -0.05) is 5.21 Å². The first-order valence-electron chi connectivity index (χ1n) is 4.48. The molecule has 5 nitrogen and oxygen atoms in total. The van der Waals surface area contributed by atoms with Gasteiger partial charge in [0.2, 0.25) is 5.91 Å². The van der Waals surface area contributed by atoms with E-state index < -0.39 is 0 Å². The van der Waals surface area contributed by atoms with E-state index >= 15 is 0 Å². The van der Waals surface area contributed by atoms with E-state index in [1.54, 1.807) is 22.6 Å². The predicted molar refractivity (Wildman–Crippen MR) is 53.9 cm³/mol. The normalized spacial score (nSPS) is 20.4. The molecule has 14 heavy (non-hydrogen) atoms. The fraction of sp³-hybridized carbons (Fsp3) is 0.625. The molecule has 0 fully saturated rings. The molecular weight excluding hydrogens is 200 g/mol. The van der Waals surface area contributed by atoms with Crippen molar-refractivity contribution in [3.05, 3.63) is 11.9 Å². The molecule has 2 rings (SSSR count). The second kappa shape index (κ2) is 4.00. The molecule has 0 radical (unpaired) electrons. The SMILES string of the molecule is CSCCC1C(=O)NCc2cnnn21. The lowest BCUT2D eigenvalue weighted by Gasteiger charge is -2.23. The van der Waals surface area contributed by atoms with Crippen molar-refractivity contribution in [1.29, 1.82) is 0 Å². The van der Waals surface area contributed by atoms with Gasteiger partial charge < -0.3 is 5.32 Å². The minimum Gasteiger partial charge on any atom is -0.349 e. The molecule has 2 heterocycles. The molecule has 0 bridgehead atoms. The van der Waals surface area contributed by atoms with Gasteiger partial charge in [0.15, 0.2) is 0 Å². The number of amides is 1. The number of aromatic nitrogens is 3. The quantitative estimate of drug-likeness (QED) is 0.777. The van der Waals surface area contributed by atoms with Crippen LogP contribution in [0.3, 0.4) is 0 Å². The molecule has 0 aromatic carbocycles. The van der Waals surface area contributed by atoms with Crippen LogP contribution in [0.2, 0.25) is 0 Å². The molecule has 1 aliphatic heterocycles. The standard InChI is InChI=1S/C8H12N4OS/c1-14-3-2-7-8(13)9-4-6-5-10-11-12(6)7/h5,7H,2-4H2,1H3,(H,9,13). The molecule has 1 unspecified atom stereocenters. The van der Waals surface area contributed by atoms with E-state index in [0.717, 1.165) is 17.9 Å². The zero-order valence-corrected chi connectivity index (χ0v) is 8.75. The number of nitrogens with one attached hydrogen (secondary N) is 1. The topological polar surface area (TPSA) is 59.8 Å². The van der Waals surface area contributed by atoms with Crippen molar-refractivity contribution < 1.29 is 4.79 Å². The summed E-state index contributed by atoms with van der Waals surface area (Å²) < 4.78 is 1.73. The Kier molecular flexibility index (Phi) is 2.72. The van der Waals surface area contributed by atoms with Crippen molar-refractivity contribution in [1.82, 2.24) is 20.3 Å². The van der Waals surface area contributed by atoms with Gasteiger partial charge in [0.1, 0.15) is 6.04 Å². The van der Waals surface area contributed by atoms with E-state index in [-0.39, 0.29) is 11.9 Å². The van der Waals surface area contributed by atoms with E-state index in [9.17, 15) is 4.79 Å². The Morgan fingerprint density at radius 1 is 1.79 bits per heavy atom. The van der Waals surface area contributed by atoms with Gasteiger partial charge in [-0.3, -0.25) is 4.79 Å². The van der Waals surface area contributed by atoms with Crippen molar-refractivity contribution in [2.45, 2.75) is 19.0 Å². The number of carbonyl (C=O) groups is 1. The van der Waals surface area contributed by atoms with Crippen LogP contribution >= 0.6 is 11.8 Å². The van der Waals surface area contributed by atoms with Crippen molar-refractivity contribution in [3.8, 4) is 0 Å². The number of fused-ring (bicyclic) bond motifs is 1. The Hall–Kier alpha value is -1.04. The van der Waals surface area contributed by atoms with E-state index in [1.807, 2.05) is 6.26 Å². The van der Waals surface area contributed by atoms with Crippen LogP contribution in [0, 0.1) is 0 Å². The summed E-state index contributed by atoms with van der Waals surface area (Å²) in [5.74, 6) is 1.01. The first kappa shape index (κ1) is 9.51. The Morgan fingerprint density at radius 3 is 3.43 bits per heavy atom. The lowest BCUT2D eigenvalue weighted by atomic mass is 10.1. The second-order valence-corrected chi connectivity index (χ2v) is 4.17. The fourth-order valence-electron chi connectivity index (χ4n) is 1.54. The van der Waals surface area contributed by atoms with Crippen LogP contribution in [0.15, 0.2) is 6.20 Å². The zero-order valence-electron chi connectivity index (χ0n) is 7.93. The average molecular weight is 212 g/mol. The minimum absolute atomic E-state index is 0.0528. The van der Waals surface area contributed by atoms with Crippen LogP contribution in [0.25, 0.3) is 0 Å². The van der Waals surface area contributed by atoms with Gasteiger partial charge in [0, 0.05) is 0 Å². The van der Waals surface area contributed by atoms with Gasteiger partial charge in [-0.2, -0.15) is 11.8 Å². The monoisotopic (exact) mass is 212 g/mol. The maximum absolute atomic E-state index is 11.6. The molecule has 1 aromatic heterocycles. The molecule has 1 aromatic rings. The lowest BCUT2D eigenvalue weighted by Crippen LogP contribution is -2.39. The van der Waals surface area contributed by atoms with E-state index in [2.05, 4.69) is 15.6 Å². The molecule has 76 valence electrons. The summed E-state index contributed by atoms with van der Waals surface area (Å²) in [5, 5.41) is 10.6. The Labute approximate surface area is 86.2 Å². The van der Waals surface area contributed by atoms with E-state index in [0.29, 0.717) is 6.54 Å². The molecule has 6 heteroatoms. The third-order valence-corrected chi connectivity index (χ3v) is 2.93. The maximum Gasteiger partial charge on any atom is 0.245 e. The smallest absolute Gasteiger partial charge is 0.245 e. The average Bonchev–Trinajstić information content (AvgIpc) is 2.64. The molecule has 1 aliphatic rings. The molecule has 1 amide bonds. The highest BCUT2D eigenvalue weighted by Crippen LogP contribution is 2.18. The summed E-state index contributed by atoms with van der Waals surface area (Å²) >= 11 is 1.73. The zero-order chi connectivity index (χ0) is 9.97.